The molecule has 0 unspecified atom stereocenters. The lowest BCUT2D eigenvalue weighted by molar-refractivity contribution is 0.0973. The Morgan fingerprint density at radius 2 is 1.53 bits per heavy atom. The van der Waals surface area contributed by atoms with E-state index in [2.05, 4.69) is 0 Å². The van der Waals surface area contributed by atoms with Crippen molar-refractivity contribution >= 4 is 26.0 Å². The average Bonchev–Trinajstić information content (AvgIpc) is 3.31. The molecule has 1 aromatic heterocycles. The molecule has 1 aliphatic rings. The van der Waals surface area contributed by atoms with E-state index in [1.54, 1.807) is 12.1 Å². The molecule has 3 rings (SSSR count). The minimum atomic E-state index is -4.10. The van der Waals surface area contributed by atoms with Gasteiger partial charge in [-0.05, 0) is 42.0 Å². The maximum absolute atomic E-state index is 12.7. The summed E-state index contributed by atoms with van der Waals surface area (Å²) < 4.78 is 55.4. The molecule has 2 aromatic rings. The molecule has 1 N–H and O–H groups in total. The molecule has 1 saturated heterocycles. The molecule has 0 spiro atoms. The standard InChI is InChI=1S/C20H27N3O5S2/c1-20(2,3)15-7-9-16(10-8-15)29(25,26)21-19(24)18-13-17(14-22(18)4)30(27,28)23-11-5-6-12-23/h7-10,13-14H,5-6,11-12H2,1-4H3,(H,21,24). The Morgan fingerprint density at radius 1 is 0.967 bits per heavy atom. The largest absolute Gasteiger partial charge is 0.345 e. The van der Waals surface area contributed by atoms with E-state index in [1.807, 2.05) is 25.5 Å². The van der Waals surface area contributed by atoms with Gasteiger partial charge in [-0.3, -0.25) is 4.79 Å². The first-order valence-corrected chi connectivity index (χ1v) is 12.6. The Balaban J connectivity index is 1.83. The van der Waals surface area contributed by atoms with Gasteiger partial charge in [0.05, 0.1) is 4.90 Å². The maximum atomic E-state index is 12.7. The molecule has 0 saturated carbocycles. The van der Waals surface area contributed by atoms with E-state index in [4.69, 9.17) is 0 Å². The van der Waals surface area contributed by atoms with E-state index in [0.717, 1.165) is 18.4 Å². The van der Waals surface area contributed by atoms with Crippen molar-refractivity contribution < 1.29 is 21.6 Å². The molecular formula is C20H27N3O5S2. The van der Waals surface area contributed by atoms with E-state index in [0.29, 0.717) is 13.1 Å². The Labute approximate surface area is 178 Å². The number of sulfonamides is 2. The van der Waals surface area contributed by atoms with E-state index >= 15 is 0 Å². The molecule has 0 bridgehead atoms. The summed E-state index contributed by atoms with van der Waals surface area (Å²) in [4.78, 5) is 12.6. The zero-order valence-corrected chi connectivity index (χ0v) is 19.2. The molecule has 2 heterocycles. The predicted molar refractivity (Wildman–Crippen MR) is 113 cm³/mol. The van der Waals surface area contributed by atoms with Gasteiger partial charge in [-0.2, -0.15) is 4.31 Å². The zero-order chi connectivity index (χ0) is 22.3. The van der Waals surface area contributed by atoms with Crippen molar-refractivity contribution in [1.82, 2.24) is 13.6 Å². The van der Waals surface area contributed by atoms with Crippen LogP contribution in [0.25, 0.3) is 0 Å². The number of nitrogens with zero attached hydrogens (tertiary/aromatic N) is 2. The van der Waals surface area contributed by atoms with Crippen molar-refractivity contribution in [2.75, 3.05) is 13.1 Å². The molecule has 164 valence electrons. The first-order chi connectivity index (χ1) is 13.8. The van der Waals surface area contributed by atoms with E-state index in [9.17, 15) is 21.6 Å². The Bertz CT molecular complexity index is 1150. The van der Waals surface area contributed by atoms with Gasteiger partial charge < -0.3 is 4.57 Å². The second-order valence-corrected chi connectivity index (χ2v) is 12.1. The topological polar surface area (TPSA) is 106 Å². The highest BCUT2D eigenvalue weighted by molar-refractivity contribution is 7.90. The van der Waals surface area contributed by atoms with Gasteiger partial charge in [0.15, 0.2) is 0 Å². The van der Waals surface area contributed by atoms with Crippen LogP contribution in [-0.2, 0) is 32.5 Å². The quantitative estimate of drug-likeness (QED) is 0.747. The van der Waals surface area contributed by atoms with Crippen LogP contribution in [0, 0.1) is 0 Å². The normalized spacial score (nSPS) is 16.0. The number of hydrogen-bond acceptors (Lipinski definition) is 5. The average molecular weight is 454 g/mol. The van der Waals surface area contributed by atoms with Crippen molar-refractivity contribution in [1.29, 1.82) is 0 Å². The summed E-state index contributed by atoms with van der Waals surface area (Å²) in [5.74, 6) is -0.889. The summed E-state index contributed by atoms with van der Waals surface area (Å²) in [7, 11) is -6.30. The fraction of sp³-hybridized carbons (Fsp3) is 0.450. The monoisotopic (exact) mass is 453 g/mol. The molecule has 0 radical (unpaired) electrons. The van der Waals surface area contributed by atoms with Crippen molar-refractivity contribution in [2.24, 2.45) is 7.05 Å². The summed E-state index contributed by atoms with van der Waals surface area (Å²) in [6, 6.07) is 7.53. The number of rotatable bonds is 5. The summed E-state index contributed by atoms with van der Waals surface area (Å²) in [6.45, 7) is 6.93. The summed E-state index contributed by atoms with van der Waals surface area (Å²) in [5, 5.41) is 0. The van der Waals surface area contributed by atoms with Crippen LogP contribution < -0.4 is 4.72 Å². The lowest BCUT2D eigenvalue weighted by Crippen LogP contribution is -2.31. The number of amides is 1. The van der Waals surface area contributed by atoms with Crippen LogP contribution in [0.3, 0.4) is 0 Å². The number of aromatic nitrogens is 1. The fourth-order valence-corrected chi connectivity index (χ4v) is 5.90. The van der Waals surface area contributed by atoms with Crippen LogP contribution in [0.15, 0.2) is 46.3 Å². The summed E-state index contributed by atoms with van der Waals surface area (Å²) in [5.41, 5.74) is 0.779. The molecule has 0 aliphatic carbocycles. The van der Waals surface area contributed by atoms with E-state index in [1.165, 1.54) is 40.3 Å². The highest BCUT2D eigenvalue weighted by Gasteiger charge is 2.30. The van der Waals surface area contributed by atoms with Gasteiger partial charge in [0, 0.05) is 26.3 Å². The number of benzene rings is 1. The van der Waals surface area contributed by atoms with E-state index < -0.39 is 26.0 Å². The fourth-order valence-electron chi connectivity index (χ4n) is 3.35. The first-order valence-electron chi connectivity index (χ1n) is 9.66. The van der Waals surface area contributed by atoms with Crippen LogP contribution in [0.5, 0.6) is 0 Å². The third-order valence-electron chi connectivity index (χ3n) is 5.17. The summed E-state index contributed by atoms with van der Waals surface area (Å²) >= 11 is 0. The smallest absolute Gasteiger partial charge is 0.281 e. The third kappa shape index (κ3) is 4.45. The van der Waals surface area contributed by atoms with Gasteiger partial charge in [0.25, 0.3) is 15.9 Å². The van der Waals surface area contributed by atoms with Crippen LogP contribution >= 0.6 is 0 Å². The molecule has 8 nitrogen and oxygen atoms in total. The SMILES string of the molecule is Cn1cc(S(=O)(=O)N2CCCC2)cc1C(=O)NS(=O)(=O)c1ccc(C(C)(C)C)cc1. The van der Waals surface area contributed by atoms with E-state index in [-0.39, 0.29) is 20.9 Å². The highest BCUT2D eigenvalue weighted by Crippen LogP contribution is 2.24. The van der Waals surface area contributed by atoms with Crippen LogP contribution in [0.4, 0.5) is 0 Å². The number of carbonyl (C=O) groups excluding carboxylic acids is 1. The first kappa shape index (κ1) is 22.5. The van der Waals surface area contributed by atoms with Gasteiger partial charge in [-0.15, -0.1) is 0 Å². The third-order valence-corrected chi connectivity index (χ3v) is 8.38. The van der Waals surface area contributed by atoms with Crippen molar-refractivity contribution in [3.05, 3.63) is 47.8 Å². The van der Waals surface area contributed by atoms with Gasteiger partial charge >= 0.3 is 0 Å². The molecule has 1 amide bonds. The van der Waals surface area contributed by atoms with Gasteiger partial charge in [-0.1, -0.05) is 32.9 Å². The second-order valence-electron chi connectivity index (χ2n) is 8.49. The minimum absolute atomic E-state index is 0.0241. The molecule has 1 aliphatic heterocycles. The van der Waals surface area contributed by atoms with Gasteiger partial charge in [-0.25, -0.2) is 21.6 Å². The second kappa shape index (κ2) is 7.82. The van der Waals surface area contributed by atoms with Crippen molar-refractivity contribution in [3.8, 4) is 0 Å². The van der Waals surface area contributed by atoms with Gasteiger partial charge in [0.1, 0.15) is 10.6 Å². The molecule has 10 heteroatoms. The lowest BCUT2D eigenvalue weighted by Gasteiger charge is -2.19. The number of nitrogens with one attached hydrogen (secondary N) is 1. The van der Waals surface area contributed by atoms with Crippen molar-refractivity contribution in [2.45, 2.75) is 48.8 Å². The minimum Gasteiger partial charge on any atom is -0.345 e. The molecule has 1 aromatic carbocycles. The molecule has 30 heavy (non-hydrogen) atoms. The maximum Gasteiger partial charge on any atom is 0.281 e. The molecular weight excluding hydrogens is 426 g/mol. The van der Waals surface area contributed by atoms with Crippen molar-refractivity contribution in [3.63, 3.8) is 0 Å². The Hall–Kier alpha value is -2.17. The zero-order valence-electron chi connectivity index (χ0n) is 17.5. The predicted octanol–water partition coefficient (Wildman–Crippen LogP) is 2.23. The number of aryl methyl sites for hydroxylation is 1. The Kier molecular flexibility index (Phi) is 5.87. The molecule has 0 atom stereocenters. The van der Waals surface area contributed by atoms with Crippen LogP contribution in [-0.4, -0.2) is 44.7 Å². The van der Waals surface area contributed by atoms with Crippen LogP contribution in [0.1, 0.15) is 49.7 Å². The molecule has 1 fully saturated rings. The summed E-state index contributed by atoms with van der Waals surface area (Å²) in [6.07, 6.45) is 2.92. The lowest BCUT2D eigenvalue weighted by atomic mass is 9.87. The highest BCUT2D eigenvalue weighted by atomic mass is 32.2. The van der Waals surface area contributed by atoms with Crippen LogP contribution in [0.2, 0.25) is 0 Å². The number of carbonyl (C=O) groups is 1. The number of hydrogen-bond donors (Lipinski definition) is 1. The van der Waals surface area contributed by atoms with Gasteiger partial charge in [0.2, 0.25) is 10.0 Å². The Morgan fingerprint density at radius 3 is 2.07 bits per heavy atom.